The normalized spacial score (nSPS) is 10.5. The maximum absolute atomic E-state index is 12.4. The fraction of sp³-hybridized carbons (Fsp3) is 0.150. The predicted octanol–water partition coefficient (Wildman–Crippen LogP) is 4.91. The van der Waals surface area contributed by atoms with Gasteiger partial charge in [0, 0.05) is 11.9 Å². The van der Waals surface area contributed by atoms with Gasteiger partial charge in [-0.25, -0.2) is 9.97 Å². The second-order valence-electron chi connectivity index (χ2n) is 6.02. The molecular formula is C20H19ClN4O2. The second-order valence-corrected chi connectivity index (χ2v) is 6.42. The molecule has 0 unspecified atom stereocenters. The van der Waals surface area contributed by atoms with Gasteiger partial charge >= 0.3 is 0 Å². The number of benzene rings is 2. The molecule has 2 N–H and O–H groups in total. The van der Waals surface area contributed by atoms with Crippen LogP contribution >= 0.6 is 11.6 Å². The van der Waals surface area contributed by atoms with Crippen LogP contribution in [-0.4, -0.2) is 22.0 Å². The Kier molecular flexibility index (Phi) is 5.88. The molecule has 0 saturated heterocycles. The SMILES string of the molecule is CC(C)Oc1ccc(Nc2nccc(C(=O)Nc3ccccc3Cl)n2)cc1. The molecule has 6 nitrogen and oxygen atoms in total. The van der Waals surface area contributed by atoms with Crippen LogP contribution in [0.15, 0.2) is 60.8 Å². The topological polar surface area (TPSA) is 76.1 Å². The van der Waals surface area contributed by atoms with E-state index in [1.54, 1.807) is 24.3 Å². The Morgan fingerprint density at radius 1 is 1.07 bits per heavy atom. The van der Waals surface area contributed by atoms with E-state index < -0.39 is 0 Å². The van der Waals surface area contributed by atoms with Crippen LogP contribution in [0.25, 0.3) is 0 Å². The quantitative estimate of drug-likeness (QED) is 0.633. The first-order chi connectivity index (χ1) is 13.0. The Labute approximate surface area is 162 Å². The summed E-state index contributed by atoms with van der Waals surface area (Å²) in [6, 6.07) is 16.0. The van der Waals surface area contributed by atoms with E-state index in [-0.39, 0.29) is 17.7 Å². The van der Waals surface area contributed by atoms with Gasteiger partial charge in [0.2, 0.25) is 5.95 Å². The third-order valence-electron chi connectivity index (χ3n) is 3.49. The Morgan fingerprint density at radius 3 is 2.52 bits per heavy atom. The number of halogens is 1. The van der Waals surface area contributed by atoms with Crippen LogP contribution in [0, 0.1) is 0 Å². The van der Waals surface area contributed by atoms with Crippen LogP contribution in [0.3, 0.4) is 0 Å². The first kappa shape index (κ1) is 18.7. The van der Waals surface area contributed by atoms with E-state index >= 15 is 0 Å². The van der Waals surface area contributed by atoms with Crippen molar-refractivity contribution in [3.63, 3.8) is 0 Å². The summed E-state index contributed by atoms with van der Waals surface area (Å²) >= 11 is 6.07. The summed E-state index contributed by atoms with van der Waals surface area (Å²) in [7, 11) is 0. The van der Waals surface area contributed by atoms with E-state index in [1.165, 1.54) is 12.3 Å². The van der Waals surface area contributed by atoms with Crippen molar-refractivity contribution in [1.29, 1.82) is 0 Å². The predicted molar refractivity (Wildman–Crippen MR) is 107 cm³/mol. The molecule has 138 valence electrons. The Balaban J connectivity index is 1.70. The lowest BCUT2D eigenvalue weighted by Crippen LogP contribution is -2.15. The number of nitrogens with one attached hydrogen (secondary N) is 2. The molecule has 1 heterocycles. The van der Waals surface area contributed by atoms with Crippen molar-refractivity contribution in [2.24, 2.45) is 0 Å². The maximum Gasteiger partial charge on any atom is 0.274 e. The van der Waals surface area contributed by atoms with Crippen LogP contribution in [0.2, 0.25) is 5.02 Å². The minimum Gasteiger partial charge on any atom is -0.491 e. The highest BCUT2D eigenvalue weighted by atomic mass is 35.5. The zero-order valence-electron chi connectivity index (χ0n) is 14.9. The van der Waals surface area contributed by atoms with Crippen LogP contribution in [-0.2, 0) is 0 Å². The molecule has 0 saturated carbocycles. The van der Waals surface area contributed by atoms with Crippen molar-refractivity contribution in [1.82, 2.24) is 9.97 Å². The smallest absolute Gasteiger partial charge is 0.274 e. The fourth-order valence-electron chi connectivity index (χ4n) is 2.31. The minimum atomic E-state index is -0.366. The lowest BCUT2D eigenvalue weighted by molar-refractivity contribution is 0.102. The highest BCUT2D eigenvalue weighted by Gasteiger charge is 2.11. The van der Waals surface area contributed by atoms with Crippen molar-refractivity contribution in [3.05, 3.63) is 71.5 Å². The second kappa shape index (κ2) is 8.51. The van der Waals surface area contributed by atoms with Gasteiger partial charge in [-0.1, -0.05) is 23.7 Å². The van der Waals surface area contributed by atoms with Gasteiger partial charge in [0.25, 0.3) is 5.91 Å². The van der Waals surface area contributed by atoms with Gasteiger partial charge in [0.05, 0.1) is 16.8 Å². The number of para-hydroxylation sites is 1. The number of hydrogen-bond donors (Lipinski definition) is 2. The number of amides is 1. The third-order valence-corrected chi connectivity index (χ3v) is 3.82. The summed E-state index contributed by atoms with van der Waals surface area (Å²) < 4.78 is 5.61. The van der Waals surface area contributed by atoms with Gasteiger partial charge in [0.15, 0.2) is 0 Å². The van der Waals surface area contributed by atoms with E-state index in [9.17, 15) is 4.79 Å². The molecule has 7 heteroatoms. The van der Waals surface area contributed by atoms with E-state index in [4.69, 9.17) is 16.3 Å². The van der Waals surface area contributed by atoms with Gasteiger partial charge in [-0.05, 0) is 56.3 Å². The van der Waals surface area contributed by atoms with Crippen LogP contribution in [0.1, 0.15) is 24.3 Å². The van der Waals surface area contributed by atoms with Crippen molar-refractivity contribution in [3.8, 4) is 5.75 Å². The summed E-state index contributed by atoms with van der Waals surface area (Å²) in [5, 5.41) is 6.27. The average molecular weight is 383 g/mol. The molecule has 0 aliphatic rings. The van der Waals surface area contributed by atoms with Crippen molar-refractivity contribution in [2.75, 3.05) is 10.6 Å². The average Bonchev–Trinajstić information content (AvgIpc) is 2.65. The van der Waals surface area contributed by atoms with Crippen LogP contribution < -0.4 is 15.4 Å². The number of aromatic nitrogens is 2. The molecule has 0 aliphatic heterocycles. The summed E-state index contributed by atoms with van der Waals surface area (Å²) in [6.45, 7) is 3.94. The van der Waals surface area contributed by atoms with Gasteiger partial charge in [-0.3, -0.25) is 4.79 Å². The molecule has 1 amide bonds. The van der Waals surface area contributed by atoms with E-state index in [2.05, 4.69) is 20.6 Å². The summed E-state index contributed by atoms with van der Waals surface area (Å²) in [4.78, 5) is 20.8. The zero-order valence-corrected chi connectivity index (χ0v) is 15.7. The highest BCUT2D eigenvalue weighted by Crippen LogP contribution is 2.22. The number of carbonyl (C=O) groups excluding carboxylic acids is 1. The van der Waals surface area contributed by atoms with E-state index in [0.717, 1.165) is 11.4 Å². The van der Waals surface area contributed by atoms with E-state index in [0.29, 0.717) is 16.7 Å². The molecule has 2 aromatic carbocycles. The largest absolute Gasteiger partial charge is 0.491 e. The molecular weight excluding hydrogens is 364 g/mol. The van der Waals surface area contributed by atoms with Crippen molar-refractivity contribution < 1.29 is 9.53 Å². The Hall–Kier alpha value is -3.12. The number of rotatable bonds is 6. The van der Waals surface area contributed by atoms with Crippen molar-refractivity contribution in [2.45, 2.75) is 20.0 Å². The number of carbonyl (C=O) groups is 1. The maximum atomic E-state index is 12.4. The standard InChI is InChI=1S/C20H19ClN4O2/c1-13(2)27-15-9-7-14(8-10-15)23-20-22-12-11-18(25-20)19(26)24-17-6-4-3-5-16(17)21/h3-13H,1-2H3,(H,24,26)(H,22,23,25). The molecule has 1 aromatic heterocycles. The fourth-order valence-corrected chi connectivity index (χ4v) is 2.50. The molecule has 0 bridgehead atoms. The number of ether oxygens (including phenoxy) is 1. The molecule has 3 rings (SSSR count). The Bertz CT molecular complexity index is 929. The molecule has 3 aromatic rings. The lowest BCUT2D eigenvalue weighted by atomic mass is 10.3. The third kappa shape index (κ3) is 5.18. The van der Waals surface area contributed by atoms with Gasteiger partial charge in [0.1, 0.15) is 11.4 Å². The number of hydrogen-bond acceptors (Lipinski definition) is 5. The molecule has 27 heavy (non-hydrogen) atoms. The highest BCUT2D eigenvalue weighted by molar-refractivity contribution is 6.33. The van der Waals surface area contributed by atoms with Crippen molar-refractivity contribution >= 4 is 34.8 Å². The zero-order chi connectivity index (χ0) is 19.2. The van der Waals surface area contributed by atoms with E-state index in [1.807, 2.05) is 38.1 Å². The monoisotopic (exact) mass is 382 g/mol. The first-order valence-corrected chi connectivity index (χ1v) is 8.82. The molecule has 0 aliphatic carbocycles. The molecule has 0 atom stereocenters. The molecule has 0 radical (unpaired) electrons. The summed E-state index contributed by atoms with van der Waals surface area (Å²) in [5.74, 6) is 0.734. The molecule has 0 spiro atoms. The minimum absolute atomic E-state index is 0.112. The Morgan fingerprint density at radius 2 is 1.81 bits per heavy atom. The first-order valence-electron chi connectivity index (χ1n) is 8.44. The van der Waals surface area contributed by atoms with Crippen LogP contribution in [0.4, 0.5) is 17.3 Å². The molecule has 0 fully saturated rings. The van der Waals surface area contributed by atoms with Gasteiger partial charge in [-0.2, -0.15) is 0 Å². The van der Waals surface area contributed by atoms with Gasteiger partial charge in [-0.15, -0.1) is 0 Å². The summed E-state index contributed by atoms with van der Waals surface area (Å²) in [5.41, 5.74) is 1.54. The number of nitrogens with zero attached hydrogens (tertiary/aromatic N) is 2. The number of anilines is 3. The van der Waals surface area contributed by atoms with Crippen LogP contribution in [0.5, 0.6) is 5.75 Å². The lowest BCUT2D eigenvalue weighted by Gasteiger charge is -2.11. The summed E-state index contributed by atoms with van der Waals surface area (Å²) in [6.07, 6.45) is 1.63. The van der Waals surface area contributed by atoms with Gasteiger partial charge < -0.3 is 15.4 Å².